The Morgan fingerprint density at radius 1 is 0.591 bits per heavy atom. The summed E-state index contributed by atoms with van der Waals surface area (Å²) in [4.78, 5) is 12.6. The van der Waals surface area contributed by atoms with E-state index in [1.165, 1.54) is 0 Å². The van der Waals surface area contributed by atoms with E-state index in [1.54, 1.807) is 0 Å². The highest BCUT2D eigenvalue weighted by molar-refractivity contribution is 6.19. The van der Waals surface area contributed by atoms with Crippen LogP contribution in [0.15, 0.2) is 143 Å². The van der Waals surface area contributed by atoms with Gasteiger partial charge in [0.2, 0.25) is 5.96 Å². The SMILES string of the molecule is CN1C(n2c3ccccc3c3ccc4c(c32)Oc2c(ccc3ccccc23)O4)=NC(c2ccccc2)=NC1c1ccccc1. The number of fused-ring (bicyclic) bond motifs is 8. The summed E-state index contributed by atoms with van der Waals surface area (Å²) in [6, 6.07) is 45.3. The monoisotopic (exact) mass is 570 g/mol. The second kappa shape index (κ2) is 9.57. The van der Waals surface area contributed by atoms with E-state index in [1.807, 2.05) is 48.5 Å². The van der Waals surface area contributed by atoms with Gasteiger partial charge in [-0.2, -0.15) is 4.99 Å². The van der Waals surface area contributed by atoms with Gasteiger partial charge < -0.3 is 14.4 Å². The van der Waals surface area contributed by atoms with E-state index in [0.29, 0.717) is 28.8 Å². The van der Waals surface area contributed by atoms with Crippen molar-refractivity contribution in [3.05, 3.63) is 145 Å². The molecule has 6 aromatic carbocycles. The van der Waals surface area contributed by atoms with Crippen LogP contribution >= 0.6 is 0 Å². The quantitative estimate of drug-likeness (QED) is 0.208. The molecule has 44 heavy (non-hydrogen) atoms. The molecule has 2 aliphatic rings. The number of hydrogen-bond donors (Lipinski definition) is 0. The molecule has 0 amide bonds. The van der Waals surface area contributed by atoms with Crippen LogP contribution in [-0.4, -0.2) is 28.3 Å². The molecule has 0 spiro atoms. The van der Waals surface area contributed by atoms with Crippen LogP contribution in [0, 0.1) is 0 Å². The van der Waals surface area contributed by atoms with Gasteiger partial charge >= 0.3 is 0 Å². The standard InChI is InChI=1S/C38H26N4O2/c1-41-37(26-15-6-3-7-16-26)39-36(25-13-4-2-5-14-25)40-38(41)42-30-19-11-10-18-28(30)29-21-23-32-35(33(29)42)44-34-27-17-9-8-12-24(27)20-22-31(34)43-32/h2-23,37H,1H3. The third-order valence-electron chi connectivity index (χ3n) is 8.48. The molecule has 1 aromatic heterocycles. The number of nitrogens with zero attached hydrogens (tertiary/aromatic N) is 4. The molecule has 0 N–H and O–H groups in total. The summed E-state index contributed by atoms with van der Waals surface area (Å²) in [6.45, 7) is 0. The van der Waals surface area contributed by atoms with Crippen LogP contribution in [0.3, 0.4) is 0 Å². The molecular formula is C38H26N4O2. The maximum absolute atomic E-state index is 6.87. The average Bonchev–Trinajstić information content (AvgIpc) is 3.43. The first-order valence-corrected chi connectivity index (χ1v) is 14.7. The second-order valence-electron chi connectivity index (χ2n) is 11.1. The molecule has 6 heteroatoms. The third-order valence-corrected chi connectivity index (χ3v) is 8.48. The van der Waals surface area contributed by atoms with E-state index in [9.17, 15) is 0 Å². The lowest BCUT2D eigenvalue weighted by molar-refractivity contribution is 0.363. The number of amidine groups is 1. The smallest absolute Gasteiger partial charge is 0.214 e. The lowest BCUT2D eigenvalue weighted by atomic mass is 10.1. The molecule has 0 fully saturated rings. The third kappa shape index (κ3) is 3.67. The van der Waals surface area contributed by atoms with Gasteiger partial charge in [-0.25, -0.2) is 4.99 Å². The maximum atomic E-state index is 6.87. The minimum absolute atomic E-state index is 0.281. The largest absolute Gasteiger partial charge is 0.449 e. The van der Waals surface area contributed by atoms with Gasteiger partial charge in [-0.1, -0.05) is 109 Å². The van der Waals surface area contributed by atoms with Crippen LogP contribution in [0.4, 0.5) is 0 Å². The fourth-order valence-electron chi connectivity index (χ4n) is 6.40. The molecule has 1 unspecified atom stereocenters. The van der Waals surface area contributed by atoms with Crippen LogP contribution in [0.1, 0.15) is 17.3 Å². The van der Waals surface area contributed by atoms with Crippen LogP contribution in [-0.2, 0) is 0 Å². The summed E-state index contributed by atoms with van der Waals surface area (Å²) in [5, 5.41) is 4.26. The molecular weight excluding hydrogens is 544 g/mol. The van der Waals surface area contributed by atoms with Gasteiger partial charge in [-0.15, -0.1) is 0 Å². The zero-order valence-electron chi connectivity index (χ0n) is 23.9. The summed E-state index contributed by atoms with van der Waals surface area (Å²) >= 11 is 0. The van der Waals surface area contributed by atoms with Crippen molar-refractivity contribution in [2.75, 3.05) is 7.05 Å². The van der Waals surface area contributed by atoms with E-state index < -0.39 is 0 Å². The van der Waals surface area contributed by atoms with Crippen LogP contribution < -0.4 is 9.47 Å². The minimum Gasteiger partial charge on any atom is -0.449 e. The van der Waals surface area contributed by atoms with Gasteiger partial charge in [0.05, 0.1) is 5.52 Å². The van der Waals surface area contributed by atoms with Gasteiger partial charge in [-0.05, 0) is 35.2 Å². The first kappa shape index (κ1) is 24.7. The number of hydrogen-bond acceptors (Lipinski definition) is 5. The molecule has 7 aromatic rings. The molecule has 2 aliphatic heterocycles. The molecule has 0 saturated carbocycles. The van der Waals surface area contributed by atoms with Gasteiger partial charge in [0.1, 0.15) is 5.52 Å². The maximum Gasteiger partial charge on any atom is 0.214 e. The Morgan fingerprint density at radius 3 is 2.11 bits per heavy atom. The van der Waals surface area contributed by atoms with Crippen molar-refractivity contribution in [2.24, 2.45) is 9.98 Å². The number of rotatable bonds is 2. The highest BCUT2D eigenvalue weighted by atomic mass is 16.6. The molecule has 210 valence electrons. The van der Waals surface area contributed by atoms with Crippen molar-refractivity contribution < 1.29 is 9.47 Å². The first-order valence-electron chi connectivity index (χ1n) is 14.7. The highest BCUT2D eigenvalue weighted by Crippen LogP contribution is 2.52. The summed E-state index contributed by atoms with van der Waals surface area (Å²) < 4.78 is 15.6. The van der Waals surface area contributed by atoms with Gasteiger partial charge in [0.15, 0.2) is 35.0 Å². The molecule has 0 radical (unpaired) electrons. The summed E-state index contributed by atoms with van der Waals surface area (Å²) in [7, 11) is 2.05. The van der Waals surface area contributed by atoms with Crippen molar-refractivity contribution in [1.82, 2.24) is 9.47 Å². The van der Waals surface area contributed by atoms with E-state index in [4.69, 9.17) is 19.5 Å². The molecule has 0 saturated heterocycles. The highest BCUT2D eigenvalue weighted by Gasteiger charge is 2.32. The molecule has 3 heterocycles. The fourth-order valence-corrected chi connectivity index (χ4v) is 6.40. The van der Waals surface area contributed by atoms with E-state index in [2.05, 4.69) is 101 Å². The van der Waals surface area contributed by atoms with Crippen molar-refractivity contribution in [2.45, 2.75) is 6.17 Å². The summed E-state index contributed by atoms with van der Waals surface area (Å²) in [5.41, 5.74) is 3.96. The van der Waals surface area contributed by atoms with E-state index >= 15 is 0 Å². The Morgan fingerprint density at radius 2 is 1.27 bits per heavy atom. The van der Waals surface area contributed by atoms with Gasteiger partial charge in [-0.3, -0.25) is 4.57 Å². The Labute approximate surface area is 253 Å². The van der Waals surface area contributed by atoms with Crippen LogP contribution in [0.25, 0.3) is 32.6 Å². The Kier molecular flexibility index (Phi) is 5.37. The van der Waals surface area contributed by atoms with Crippen molar-refractivity contribution in [3.63, 3.8) is 0 Å². The van der Waals surface area contributed by atoms with Crippen LogP contribution in [0.5, 0.6) is 23.0 Å². The Balaban J connectivity index is 1.32. The number of para-hydroxylation sites is 1. The van der Waals surface area contributed by atoms with E-state index in [-0.39, 0.29) is 6.17 Å². The Bertz CT molecular complexity index is 2310. The zero-order valence-corrected chi connectivity index (χ0v) is 23.9. The normalized spacial score (nSPS) is 15.8. The molecule has 9 rings (SSSR count). The number of aliphatic imine (C=N–C) groups is 2. The lowest BCUT2D eigenvalue weighted by Crippen LogP contribution is -2.39. The Hall–Kier alpha value is -5.88. The summed E-state index contributed by atoms with van der Waals surface area (Å²) in [6.07, 6.45) is -0.281. The number of ether oxygens (including phenoxy) is 2. The lowest BCUT2D eigenvalue weighted by Gasteiger charge is -2.33. The molecule has 0 aliphatic carbocycles. The number of benzene rings is 6. The topological polar surface area (TPSA) is 51.3 Å². The predicted molar refractivity (Wildman–Crippen MR) is 176 cm³/mol. The van der Waals surface area contributed by atoms with Crippen molar-refractivity contribution in [1.29, 1.82) is 0 Å². The molecule has 6 nitrogen and oxygen atoms in total. The number of aromatic nitrogens is 1. The zero-order chi connectivity index (χ0) is 29.2. The minimum atomic E-state index is -0.281. The van der Waals surface area contributed by atoms with Crippen molar-refractivity contribution in [3.8, 4) is 23.0 Å². The molecule has 1 atom stereocenters. The molecule has 0 bridgehead atoms. The average molecular weight is 571 g/mol. The predicted octanol–water partition coefficient (Wildman–Crippen LogP) is 9.14. The fraction of sp³-hybridized carbons (Fsp3) is 0.0526. The summed E-state index contributed by atoms with van der Waals surface area (Å²) in [5.74, 6) is 4.18. The van der Waals surface area contributed by atoms with Gasteiger partial charge in [0.25, 0.3) is 0 Å². The van der Waals surface area contributed by atoms with Gasteiger partial charge in [0, 0.05) is 28.8 Å². The second-order valence-corrected chi connectivity index (χ2v) is 11.1. The van der Waals surface area contributed by atoms with Crippen molar-refractivity contribution >= 4 is 44.4 Å². The first-order chi connectivity index (χ1) is 21.7. The van der Waals surface area contributed by atoms with Crippen LogP contribution in [0.2, 0.25) is 0 Å². The van der Waals surface area contributed by atoms with E-state index in [0.717, 1.165) is 49.7 Å².